The Bertz CT molecular complexity index is 322. The highest BCUT2D eigenvalue weighted by Gasteiger charge is 2.41. The molecule has 4 heteroatoms. The molecule has 1 saturated carbocycles. The number of unbranched alkanes of at least 4 members (excludes halogenated alkanes) is 4. The minimum atomic E-state index is -0.755. The average Bonchev–Trinajstić information content (AvgIpc) is 2.48. The summed E-state index contributed by atoms with van der Waals surface area (Å²) in [5, 5.41) is 2.99. The summed E-state index contributed by atoms with van der Waals surface area (Å²) in [6.07, 6.45) is 10.7. The summed E-state index contributed by atoms with van der Waals surface area (Å²) in [6.45, 7) is 4.36. The van der Waals surface area contributed by atoms with Gasteiger partial charge in [-0.15, -0.1) is 0 Å². The molecule has 1 fully saturated rings. The smallest absolute Gasteiger partial charge is 0.331 e. The summed E-state index contributed by atoms with van der Waals surface area (Å²) in [5.41, 5.74) is -0.755. The van der Waals surface area contributed by atoms with Crippen LogP contribution in [0.15, 0.2) is 0 Å². The quantitative estimate of drug-likeness (QED) is 0.521. The number of nitrogens with one attached hydrogen (secondary N) is 1. The highest BCUT2D eigenvalue weighted by atomic mass is 16.5. The normalized spacial score (nSPS) is 17.2. The highest BCUT2D eigenvalue weighted by Crippen LogP contribution is 2.29. The standard InChI is InChI=1S/C17H31NO3/c1-3-5-6-7-9-12-15(19)18-17(16(20)21-4-2)13-10-8-11-14-17/h3-14H2,1-2H3,(H,18,19). The molecule has 1 N–H and O–H groups in total. The predicted molar refractivity (Wildman–Crippen MR) is 84.0 cm³/mol. The minimum absolute atomic E-state index is 0.00134. The van der Waals surface area contributed by atoms with Crippen molar-refractivity contribution in [1.82, 2.24) is 5.32 Å². The van der Waals surface area contributed by atoms with Gasteiger partial charge in [0.05, 0.1) is 6.61 Å². The number of carbonyl (C=O) groups is 2. The SMILES string of the molecule is CCCCCCCC(=O)NC1(C(=O)OCC)CCCCC1. The Hall–Kier alpha value is -1.06. The van der Waals surface area contributed by atoms with Crippen molar-refractivity contribution < 1.29 is 14.3 Å². The predicted octanol–water partition coefficient (Wildman–Crippen LogP) is 3.73. The van der Waals surface area contributed by atoms with Crippen molar-refractivity contribution in [3.05, 3.63) is 0 Å². The Labute approximate surface area is 129 Å². The molecule has 21 heavy (non-hydrogen) atoms. The summed E-state index contributed by atoms with van der Waals surface area (Å²) in [4.78, 5) is 24.4. The van der Waals surface area contributed by atoms with Gasteiger partial charge in [0.15, 0.2) is 0 Å². The lowest BCUT2D eigenvalue weighted by molar-refractivity contribution is -0.155. The molecule has 0 aromatic carbocycles. The molecule has 0 aromatic heterocycles. The lowest BCUT2D eigenvalue weighted by Gasteiger charge is -2.35. The van der Waals surface area contributed by atoms with Crippen LogP contribution in [0.25, 0.3) is 0 Å². The van der Waals surface area contributed by atoms with Gasteiger partial charge >= 0.3 is 5.97 Å². The Kier molecular flexibility index (Phi) is 8.40. The molecule has 0 radical (unpaired) electrons. The highest BCUT2D eigenvalue weighted by molar-refractivity contribution is 5.88. The third kappa shape index (κ3) is 6.06. The van der Waals surface area contributed by atoms with Crippen LogP contribution >= 0.6 is 0 Å². The summed E-state index contributed by atoms with van der Waals surface area (Å²) < 4.78 is 5.19. The van der Waals surface area contributed by atoms with Crippen LogP contribution in [-0.4, -0.2) is 24.0 Å². The van der Waals surface area contributed by atoms with Gasteiger partial charge < -0.3 is 10.1 Å². The number of amides is 1. The molecule has 1 amide bonds. The minimum Gasteiger partial charge on any atom is -0.464 e. The molecule has 0 heterocycles. The largest absolute Gasteiger partial charge is 0.464 e. The zero-order chi connectivity index (χ0) is 15.6. The van der Waals surface area contributed by atoms with Gasteiger partial charge in [0.1, 0.15) is 5.54 Å². The lowest BCUT2D eigenvalue weighted by Crippen LogP contribution is -2.56. The second-order valence-corrected chi connectivity index (χ2v) is 6.08. The molecule has 0 saturated heterocycles. The van der Waals surface area contributed by atoms with Gasteiger partial charge in [-0.3, -0.25) is 4.79 Å². The summed E-state index contributed by atoms with van der Waals surface area (Å²) in [5.74, 6) is -0.245. The van der Waals surface area contributed by atoms with E-state index in [-0.39, 0.29) is 11.9 Å². The van der Waals surface area contributed by atoms with Gasteiger partial charge in [0, 0.05) is 6.42 Å². The van der Waals surface area contributed by atoms with E-state index in [1.807, 2.05) is 6.92 Å². The van der Waals surface area contributed by atoms with Gasteiger partial charge in [0.25, 0.3) is 0 Å². The van der Waals surface area contributed by atoms with E-state index >= 15 is 0 Å². The molecule has 1 aliphatic rings. The molecule has 0 unspecified atom stereocenters. The molecule has 1 aliphatic carbocycles. The summed E-state index contributed by atoms with van der Waals surface area (Å²) >= 11 is 0. The number of hydrogen-bond acceptors (Lipinski definition) is 3. The molecule has 4 nitrogen and oxygen atoms in total. The van der Waals surface area contributed by atoms with Crippen LogP contribution in [0.2, 0.25) is 0 Å². The first-order valence-electron chi connectivity index (χ1n) is 8.63. The molecule has 122 valence electrons. The monoisotopic (exact) mass is 297 g/mol. The van der Waals surface area contributed by atoms with Crippen molar-refractivity contribution in [1.29, 1.82) is 0 Å². The van der Waals surface area contributed by atoms with E-state index in [1.54, 1.807) is 0 Å². The third-order valence-electron chi connectivity index (χ3n) is 4.26. The maximum atomic E-state index is 12.2. The fourth-order valence-electron chi connectivity index (χ4n) is 3.02. The average molecular weight is 297 g/mol. The summed E-state index contributed by atoms with van der Waals surface area (Å²) in [6, 6.07) is 0. The van der Waals surface area contributed by atoms with E-state index < -0.39 is 5.54 Å². The number of hydrogen-bond donors (Lipinski definition) is 1. The van der Waals surface area contributed by atoms with Crippen molar-refractivity contribution in [3.63, 3.8) is 0 Å². The van der Waals surface area contributed by atoms with E-state index in [0.29, 0.717) is 25.9 Å². The molecular weight excluding hydrogens is 266 g/mol. The molecule has 0 aromatic rings. The maximum absolute atomic E-state index is 12.2. The van der Waals surface area contributed by atoms with E-state index in [0.717, 1.165) is 32.1 Å². The van der Waals surface area contributed by atoms with Crippen LogP contribution in [-0.2, 0) is 14.3 Å². The summed E-state index contributed by atoms with van der Waals surface area (Å²) in [7, 11) is 0. The van der Waals surface area contributed by atoms with E-state index in [1.165, 1.54) is 19.3 Å². The number of rotatable bonds is 9. The van der Waals surface area contributed by atoms with Gasteiger partial charge in [-0.25, -0.2) is 4.79 Å². The first kappa shape index (κ1) is 18.0. The van der Waals surface area contributed by atoms with Crippen molar-refractivity contribution >= 4 is 11.9 Å². The van der Waals surface area contributed by atoms with Crippen LogP contribution < -0.4 is 5.32 Å². The molecule has 0 aliphatic heterocycles. The molecule has 0 spiro atoms. The van der Waals surface area contributed by atoms with Gasteiger partial charge in [-0.05, 0) is 26.2 Å². The number of esters is 1. The Morgan fingerprint density at radius 3 is 2.29 bits per heavy atom. The van der Waals surface area contributed by atoms with Crippen LogP contribution in [0.1, 0.15) is 84.5 Å². The maximum Gasteiger partial charge on any atom is 0.331 e. The second-order valence-electron chi connectivity index (χ2n) is 6.08. The first-order valence-corrected chi connectivity index (χ1v) is 8.63. The van der Waals surface area contributed by atoms with Crippen LogP contribution in [0.4, 0.5) is 0 Å². The molecule has 0 atom stereocenters. The fraction of sp³-hybridized carbons (Fsp3) is 0.882. The van der Waals surface area contributed by atoms with Crippen molar-refractivity contribution in [2.45, 2.75) is 90.0 Å². The molecule has 1 rings (SSSR count). The van der Waals surface area contributed by atoms with Crippen molar-refractivity contribution in [3.8, 4) is 0 Å². The number of carbonyl (C=O) groups excluding carboxylic acids is 2. The van der Waals surface area contributed by atoms with Gasteiger partial charge in [0.2, 0.25) is 5.91 Å². The Morgan fingerprint density at radius 2 is 1.67 bits per heavy atom. The van der Waals surface area contributed by atoms with E-state index in [9.17, 15) is 9.59 Å². The zero-order valence-electron chi connectivity index (χ0n) is 13.7. The zero-order valence-corrected chi connectivity index (χ0v) is 13.7. The van der Waals surface area contributed by atoms with Crippen LogP contribution in [0, 0.1) is 0 Å². The van der Waals surface area contributed by atoms with Crippen LogP contribution in [0.5, 0.6) is 0 Å². The second kappa shape index (κ2) is 9.80. The van der Waals surface area contributed by atoms with Crippen LogP contribution in [0.3, 0.4) is 0 Å². The Morgan fingerprint density at radius 1 is 1.00 bits per heavy atom. The first-order chi connectivity index (χ1) is 10.1. The molecular formula is C17H31NO3. The lowest BCUT2D eigenvalue weighted by atomic mass is 9.81. The van der Waals surface area contributed by atoms with E-state index in [4.69, 9.17) is 4.74 Å². The number of ether oxygens (including phenoxy) is 1. The Balaban J connectivity index is 2.44. The van der Waals surface area contributed by atoms with Gasteiger partial charge in [-0.2, -0.15) is 0 Å². The topological polar surface area (TPSA) is 55.4 Å². The fourth-order valence-corrected chi connectivity index (χ4v) is 3.02. The third-order valence-corrected chi connectivity index (χ3v) is 4.26. The molecule has 0 bridgehead atoms. The van der Waals surface area contributed by atoms with Gasteiger partial charge in [-0.1, -0.05) is 51.9 Å². The van der Waals surface area contributed by atoms with Crippen molar-refractivity contribution in [2.24, 2.45) is 0 Å². The van der Waals surface area contributed by atoms with Crippen molar-refractivity contribution in [2.75, 3.05) is 6.61 Å². The van der Waals surface area contributed by atoms with E-state index in [2.05, 4.69) is 12.2 Å².